The zero-order valence-corrected chi connectivity index (χ0v) is 33.7. The van der Waals surface area contributed by atoms with Gasteiger partial charge >= 0.3 is 0 Å². The molecule has 14 aromatic rings. The molecule has 0 radical (unpaired) electrons. The molecule has 14 rings (SSSR count). The number of hydrogen-bond acceptors (Lipinski definition) is 4. The van der Waals surface area contributed by atoms with Crippen molar-refractivity contribution in [1.29, 1.82) is 0 Å². The zero-order valence-electron chi connectivity index (χ0n) is 33.7. The summed E-state index contributed by atoms with van der Waals surface area (Å²) in [5.41, 5.74) is 8.50. The predicted molar refractivity (Wildman–Crippen MR) is 259 cm³/mol. The Labute approximate surface area is 359 Å². The first-order valence-electron chi connectivity index (χ1n) is 21.3. The summed E-state index contributed by atoms with van der Waals surface area (Å²) in [5.74, 6) is 1.63. The summed E-state index contributed by atoms with van der Waals surface area (Å²) in [7, 11) is 0. The number of benzene rings is 10. The molecule has 0 unspecified atom stereocenters. The standard InChI is InChI=1S/C57H33N5O/c1-3-17-37-30-51-45(28-35(37)15-1)46-29-36-16-2-4-18-38(36)31-52(46)61(51)39-32-47-43-23-9-12-27-53(43)63-54(47)48(33-39)56-58-55(44-24-13-19-34-14-5-6-20-40(34)44)59-57(60-56)62-49-25-10-7-21-41(49)42-22-8-11-26-50(42)62/h1-33H. The van der Waals surface area contributed by atoms with E-state index in [0.717, 1.165) is 82.4 Å². The van der Waals surface area contributed by atoms with Crippen molar-refractivity contribution in [3.63, 3.8) is 0 Å². The summed E-state index contributed by atoms with van der Waals surface area (Å²) in [6.45, 7) is 0. The van der Waals surface area contributed by atoms with Gasteiger partial charge in [0.1, 0.15) is 11.2 Å². The van der Waals surface area contributed by atoms with Crippen LogP contribution < -0.4 is 0 Å². The largest absolute Gasteiger partial charge is 0.455 e. The number of furan rings is 1. The lowest BCUT2D eigenvalue weighted by Crippen LogP contribution is -2.07. The second kappa shape index (κ2) is 12.9. The van der Waals surface area contributed by atoms with Crippen LogP contribution in [0.25, 0.3) is 132 Å². The Kier molecular flexibility index (Phi) is 7.02. The molecule has 0 aliphatic carbocycles. The van der Waals surface area contributed by atoms with Gasteiger partial charge in [-0.05, 0) is 86.9 Å². The first kappa shape index (κ1) is 34.1. The summed E-state index contributed by atoms with van der Waals surface area (Å²) in [6, 6.07) is 71.0. The molecule has 0 spiro atoms. The molecule has 292 valence electrons. The highest BCUT2D eigenvalue weighted by Gasteiger charge is 2.24. The molecular weight excluding hydrogens is 771 g/mol. The SMILES string of the molecule is c1ccc2cc3c(cc2c1)c1cc2ccccc2cc1n3-c1cc(-c2nc(-c3cccc4ccccc34)nc(-n3c4ccccc4c4ccccc43)n2)c2oc3ccccc3c2c1. The van der Waals surface area contributed by atoms with E-state index in [4.69, 9.17) is 19.4 Å². The molecule has 0 aliphatic rings. The highest BCUT2D eigenvalue weighted by molar-refractivity contribution is 6.18. The molecule has 63 heavy (non-hydrogen) atoms. The molecule has 0 aliphatic heterocycles. The average molecular weight is 804 g/mol. The van der Waals surface area contributed by atoms with Crippen LogP contribution in [0.4, 0.5) is 0 Å². The average Bonchev–Trinajstić information content (AvgIpc) is 3.99. The first-order valence-corrected chi connectivity index (χ1v) is 21.3. The minimum atomic E-state index is 0.521. The molecule has 0 amide bonds. The molecule has 6 nitrogen and oxygen atoms in total. The van der Waals surface area contributed by atoms with E-state index in [1.54, 1.807) is 0 Å². The lowest BCUT2D eigenvalue weighted by molar-refractivity contribution is 0.669. The number of para-hydroxylation sites is 3. The maximum Gasteiger partial charge on any atom is 0.238 e. The predicted octanol–water partition coefficient (Wildman–Crippen LogP) is 14.8. The van der Waals surface area contributed by atoms with Crippen molar-refractivity contribution < 1.29 is 4.42 Å². The van der Waals surface area contributed by atoms with Crippen molar-refractivity contribution in [2.75, 3.05) is 0 Å². The quantitative estimate of drug-likeness (QED) is 0.178. The Hall–Kier alpha value is -8.61. The number of fused-ring (bicyclic) bond motifs is 12. The summed E-state index contributed by atoms with van der Waals surface area (Å²) in [5, 5.41) is 13.6. The van der Waals surface area contributed by atoms with Gasteiger partial charge in [0.2, 0.25) is 5.95 Å². The van der Waals surface area contributed by atoms with Gasteiger partial charge in [-0.1, -0.05) is 146 Å². The third-order valence-electron chi connectivity index (χ3n) is 12.9. The van der Waals surface area contributed by atoms with E-state index in [1.165, 1.54) is 32.3 Å². The maximum absolute atomic E-state index is 6.87. The van der Waals surface area contributed by atoms with Gasteiger partial charge in [-0.15, -0.1) is 0 Å². The smallest absolute Gasteiger partial charge is 0.238 e. The minimum absolute atomic E-state index is 0.521. The molecule has 0 atom stereocenters. The Bertz CT molecular complexity index is 4080. The molecule has 10 aromatic carbocycles. The molecule has 4 aromatic heterocycles. The Balaban J connectivity index is 1.13. The van der Waals surface area contributed by atoms with Gasteiger partial charge in [-0.3, -0.25) is 4.57 Å². The molecule has 0 saturated heterocycles. The monoisotopic (exact) mass is 803 g/mol. The molecule has 4 heterocycles. The van der Waals surface area contributed by atoms with Crippen LogP contribution in [0.3, 0.4) is 0 Å². The van der Waals surface area contributed by atoms with Crippen LogP contribution in [0.1, 0.15) is 0 Å². The number of nitrogens with zero attached hydrogens (tertiary/aromatic N) is 5. The van der Waals surface area contributed by atoms with E-state index < -0.39 is 0 Å². The van der Waals surface area contributed by atoms with Crippen molar-refractivity contribution in [1.82, 2.24) is 24.1 Å². The maximum atomic E-state index is 6.87. The van der Waals surface area contributed by atoms with Crippen molar-refractivity contribution in [2.24, 2.45) is 0 Å². The second-order valence-electron chi connectivity index (χ2n) is 16.4. The van der Waals surface area contributed by atoms with Crippen molar-refractivity contribution in [2.45, 2.75) is 0 Å². The van der Waals surface area contributed by atoms with E-state index in [1.807, 2.05) is 12.1 Å². The first-order chi connectivity index (χ1) is 31.2. The normalized spacial score (nSPS) is 12.1. The zero-order chi connectivity index (χ0) is 41.2. The van der Waals surface area contributed by atoms with E-state index in [-0.39, 0.29) is 0 Å². The van der Waals surface area contributed by atoms with E-state index in [0.29, 0.717) is 17.6 Å². The van der Waals surface area contributed by atoms with Crippen LogP contribution in [0.15, 0.2) is 205 Å². The van der Waals surface area contributed by atoms with Crippen LogP contribution in [0.2, 0.25) is 0 Å². The van der Waals surface area contributed by atoms with E-state index >= 15 is 0 Å². The fourth-order valence-electron chi connectivity index (χ4n) is 10.0. The summed E-state index contributed by atoms with van der Waals surface area (Å²) < 4.78 is 11.5. The van der Waals surface area contributed by atoms with Crippen molar-refractivity contribution in [3.05, 3.63) is 200 Å². The molecule has 0 bridgehead atoms. The summed E-state index contributed by atoms with van der Waals surface area (Å²) >= 11 is 0. The Morgan fingerprint density at radius 1 is 0.317 bits per heavy atom. The topological polar surface area (TPSA) is 61.7 Å². The summed E-state index contributed by atoms with van der Waals surface area (Å²) in [4.78, 5) is 16.3. The number of aromatic nitrogens is 5. The van der Waals surface area contributed by atoms with E-state index in [2.05, 4.69) is 197 Å². The highest BCUT2D eigenvalue weighted by Crippen LogP contribution is 2.42. The van der Waals surface area contributed by atoms with Gasteiger partial charge in [-0.25, -0.2) is 4.98 Å². The molecular formula is C57H33N5O. The van der Waals surface area contributed by atoms with Crippen molar-refractivity contribution in [3.8, 4) is 34.4 Å². The second-order valence-corrected chi connectivity index (χ2v) is 16.4. The lowest BCUT2D eigenvalue weighted by atomic mass is 10.0. The van der Waals surface area contributed by atoms with Gasteiger partial charge in [0.15, 0.2) is 11.6 Å². The van der Waals surface area contributed by atoms with Gasteiger partial charge in [-0.2, -0.15) is 9.97 Å². The van der Waals surface area contributed by atoms with Crippen molar-refractivity contribution >= 4 is 97.9 Å². The van der Waals surface area contributed by atoms with Crippen LogP contribution in [0, 0.1) is 0 Å². The highest BCUT2D eigenvalue weighted by atomic mass is 16.3. The Morgan fingerprint density at radius 2 is 0.825 bits per heavy atom. The summed E-state index contributed by atoms with van der Waals surface area (Å²) in [6.07, 6.45) is 0. The minimum Gasteiger partial charge on any atom is -0.455 e. The molecule has 0 N–H and O–H groups in total. The fraction of sp³-hybridized carbons (Fsp3) is 0. The molecule has 0 saturated carbocycles. The third-order valence-corrected chi connectivity index (χ3v) is 12.9. The van der Waals surface area contributed by atoms with Crippen LogP contribution in [-0.4, -0.2) is 24.1 Å². The molecule has 0 fully saturated rings. The van der Waals surface area contributed by atoms with Gasteiger partial charge in [0.25, 0.3) is 0 Å². The van der Waals surface area contributed by atoms with Crippen LogP contribution in [-0.2, 0) is 0 Å². The van der Waals surface area contributed by atoms with Crippen LogP contribution in [0.5, 0.6) is 0 Å². The van der Waals surface area contributed by atoms with Gasteiger partial charge < -0.3 is 8.98 Å². The fourth-order valence-corrected chi connectivity index (χ4v) is 10.0. The number of hydrogen-bond donors (Lipinski definition) is 0. The van der Waals surface area contributed by atoms with E-state index in [9.17, 15) is 0 Å². The lowest BCUT2D eigenvalue weighted by Gasteiger charge is -2.14. The number of rotatable bonds is 4. The van der Waals surface area contributed by atoms with Gasteiger partial charge in [0, 0.05) is 43.6 Å². The third kappa shape index (κ3) is 5.03. The Morgan fingerprint density at radius 3 is 1.48 bits per heavy atom. The van der Waals surface area contributed by atoms with Crippen LogP contribution >= 0.6 is 0 Å². The molecule has 6 heteroatoms. The van der Waals surface area contributed by atoms with Gasteiger partial charge in [0.05, 0.1) is 27.6 Å².